The molecule has 2 rings (SSSR count). The van der Waals surface area contributed by atoms with Gasteiger partial charge in [-0.15, -0.1) is 0 Å². The smallest absolute Gasteiger partial charge is 0.321 e. The molecule has 1 aromatic rings. The fourth-order valence-corrected chi connectivity index (χ4v) is 3.29. The van der Waals surface area contributed by atoms with Crippen molar-refractivity contribution in [3.05, 3.63) is 28.2 Å². The number of nitrogens with one attached hydrogen (secondary N) is 3. The monoisotopic (exact) mass is 400 g/mol. The molecule has 7 nitrogen and oxygen atoms in total. The summed E-state index contributed by atoms with van der Waals surface area (Å²) in [7, 11) is 1.60. The molecule has 0 bridgehead atoms. The van der Waals surface area contributed by atoms with Crippen molar-refractivity contribution < 1.29 is 14.4 Å². The van der Waals surface area contributed by atoms with Crippen molar-refractivity contribution >= 4 is 46.7 Å². The third-order valence-electron chi connectivity index (χ3n) is 4.00. The summed E-state index contributed by atoms with van der Waals surface area (Å²) in [5, 5.41) is 8.32. The second kappa shape index (κ2) is 9.75. The zero-order valence-electron chi connectivity index (χ0n) is 14.5. The minimum absolute atomic E-state index is 0.0563. The number of hydrogen-bond donors (Lipinski definition) is 3. The zero-order chi connectivity index (χ0) is 19.1. The number of carbonyl (C=O) groups excluding carboxylic acids is 3. The number of halogens is 2. The van der Waals surface area contributed by atoms with E-state index in [1.807, 2.05) is 0 Å². The molecule has 1 fully saturated rings. The van der Waals surface area contributed by atoms with Crippen LogP contribution in [0.25, 0.3) is 0 Å². The molecule has 0 heterocycles. The van der Waals surface area contributed by atoms with Crippen LogP contribution in [0.15, 0.2) is 18.2 Å². The van der Waals surface area contributed by atoms with Crippen molar-refractivity contribution in [1.82, 2.24) is 15.5 Å². The van der Waals surface area contributed by atoms with Gasteiger partial charge in [-0.1, -0.05) is 42.1 Å². The Labute approximate surface area is 162 Å². The highest BCUT2D eigenvalue weighted by molar-refractivity contribution is 6.39. The molecular weight excluding hydrogens is 379 g/mol. The summed E-state index contributed by atoms with van der Waals surface area (Å²) in [6.45, 7) is -0.152. The minimum Gasteiger partial charge on any atom is -0.335 e. The Balaban J connectivity index is 1.74. The Hall–Kier alpha value is -1.83. The van der Waals surface area contributed by atoms with Crippen LogP contribution in [0, 0.1) is 0 Å². The number of hydrogen-bond acceptors (Lipinski definition) is 4. The molecule has 0 saturated heterocycles. The second-order valence-corrected chi connectivity index (χ2v) is 7.13. The first-order valence-corrected chi connectivity index (χ1v) is 9.13. The van der Waals surface area contributed by atoms with Crippen molar-refractivity contribution in [2.75, 3.05) is 25.5 Å². The number of anilines is 1. The van der Waals surface area contributed by atoms with Gasteiger partial charge in [0.2, 0.25) is 11.8 Å². The molecule has 0 unspecified atom stereocenters. The largest absolute Gasteiger partial charge is 0.335 e. The van der Waals surface area contributed by atoms with Crippen LogP contribution in [0.4, 0.5) is 10.5 Å². The maximum atomic E-state index is 12.1. The van der Waals surface area contributed by atoms with Crippen LogP contribution < -0.4 is 16.0 Å². The molecule has 142 valence electrons. The number of urea groups is 1. The van der Waals surface area contributed by atoms with Gasteiger partial charge in [-0.25, -0.2) is 4.79 Å². The zero-order valence-corrected chi connectivity index (χ0v) is 16.0. The minimum atomic E-state index is -0.498. The van der Waals surface area contributed by atoms with Gasteiger partial charge >= 0.3 is 6.03 Å². The van der Waals surface area contributed by atoms with E-state index in [0.29, 0.717) is 15.7 Å². The van der Waals surface area contributed by atoms with Crippen LogP contribution in [-0.2, 0) is 9.59 Å². The predicted molar refractivity (Wildman–Crippen MR) is 102 cm³/mol. The Kier molecular flexibility index (Phi) is 7.68. The van der Waals surface area contributed by atoms with Gasteiger partial charge in [-0.2, -0.15) is 0 Å². The third-order valence-corrected chi connectivity index (χ3v) is 4.63. The van der Waals surface area contributed by atoms with Crippen molar-refractivity contribution in [1.29, 1.82) is 0 Å². The molecule has 0 aromatic heterocycles. The average Bonchev–Trinajstić information content (AvgIpc) is 3.03. The van der Waals surface area contributed by atoms with E-state index in [0.717, 1.165) is 25.7 Å². The highest BCUT2D eigenvalue weighted by Gasteiger charge is 2.19. The second-order valence-electron chi connectivity index (χ2n) is 6.32. The molecule has 1 aliphatic rings. The fraction of sp³-hybridized carbons (Fsp3) is 0.471. The van der Waals surface area contributed by atoms with Gasteiger partial charge in [-0.05, 0) is 32.0 Å². The number of rotatable bonds is 6. The molecular formula is C17H22Cl2N4O3. The maximum absolute atomic E-state index is 12.1. The Bertz CT molecular complexity index is 658. The van der Waals surface area contributed by atoms with Crippen molar-refractivity contribution in [3.8, 4) is 0 Å². The lowest BCUT2D eigenvalue weighted by molar-refractivity contribution is -0.122. The van der Waals surface area contributed by atoms with Crippen LogP contribution in [-0.4, -0.2) is 48.9 Å². The van der Waals surface area contributed by atoms with E-state index in [9.17, 15) is 14.4 Å². The molecule has 0 aliphatic heterocycles. The standard InChI is InChI=1S/C17H22Cl2N4O3/c1-23(9-14(24)21-16-12(18)7-4-8-13(16)19)10-15(25)22-17(26)20-11-5-2-3-6-11/h4,7-8,11H,2-3,5-6,9-10H2,1H3,(H,21,24)(H2,20,22,25,26). The highest BCUT2D eigenvalue weighted by atomic mass is 35.5. The van der Waals surface area contributed by atoms with Gasteiger partial charge < -0.3 is 10.6 Å². The molecule has 26 heavy (non-hydrogen) atoms. The molecule has 0 spiro atoms. The molecule has 3 N–H and O–H groups in total. The number of likely N-dealkylation sites (N-methyl/N-ethyl adjacent to an activating group) is 1. The molecule has 0 radical (unpaired) electrons. The van der Waals surface area contributed by atoms with E-state index >= 15 is 0 Å². The van der Waals surface area contributed by atoms with Crippen LogP contribution in [0.3, 0.4) is 0 Å². The number of imide groups is 1. The van der Waals surface area contributed by atoms with Gasteiger partial charge in [0.25, 0.3) is 0 Å². The summed E-state index contributed by atoms with van der Waals surface area (Å²) in [6, 6.07) is 4.54. The number of nitrogens with zero attached hydrogens (tertiary/aromatic N) is 1. The normalized spacial score (nSPS) is 14.3. The number of benzene rings is 1. The lowest BCUT2D eigenvalue weighted by Gasteiger charge is -2.17. The summed E-state index contributed by atoms with van der Waals surface area (Å²) >= 11 is 12.0. The van der Waals surface area contributed by atoms with Crippen LogP contribution in [0.2, 0.25) is 10.0 Å². The predicted octanol–water partition coefficient (Wildman–Crippen LogP) is 2.63. The average molecular weight is 401 g/mol. The maximum Gasteiger partial charge on any atom is 0.321 e. The first kappa shape index (κ1) is 20.5. The van der Waals surface area contributed by atoms with Crippen molar-refractivity contribution in [2.45, 2.75) is 31.7 Å². The number of carbonyl (C=O) groups is 3. The van der Waals surface area contributed by atoms with Crippen LogP contribution in [0.5, 0.6) is 0 Å². The topological polar surface area (TPSA) is 90.5 Å². The Morgan fingerprint density at radius 2 is 1.65 bits per heavy atom. The Morgan fingerprint density at radius 1 is 1.08 bits per heavy atom. The fourth-order valence-electron chi connectivity index (χ4n) is 2.80. The number of amides is 4. The first-order chi connectivity index (χ1) is 12.3. The summed E-state index contributed by atoms with van der Waals surface area (Å²) < 4.78 is 0. The van der Waals surface area contributed by atoms with Crippen LogP contribution in [0.1, 0.15) is 25.7 Å². The van der Waals surface area contributed by atoms with Gasteiger partial charge in [-0.3, -0.25) is 19.8 Å². The number of para-hydroxylation sites is 1. The summed E-state index contributed by atoms with van der Waals surface area (Å²) in [4.78, 5) is 37.2. The van der Waals surface area contributed by atoms with E-state index < -0.39 is 11.9 Å². The van der Waals surface area contributed by atoms with E-state index in [-0.39, 0.29) is 25.0 Å². The molecule has 9 heteroatoms. The Morgan fingerprint density at radius 3 is 2.27 bits per heavy atom. The SMILES string of the molecule is CN(CC(=O)NC(=O)NC1CCCC1)CC(=O)Nc1c(Cl)cccc1Cl. The molecule has 1 aromatic carbocycles. The van der Waals surface area contributed by atoms with E-state index in [4.69, 9.17) is 23.2 Å². The van der Waals surface area contributed by atoms with Crippen molar-refractivity contribution in [2.24, 2.45) is 0 Å². The van der Waals surface area contributed by atoms with Crippen LogP contribution >= 0.6 is 23.2 Å². The van der Waals surface area contributed by atoms with E-state index in [1.54, 1.807) is 25.2 Å². The summed E-state index contributed by atoms with van der Waals surface area (Å²) in [5.74, 6) is -0.850. The first-order valence-electron chi connectivity index (χ1n) is 8.38. The quantitative estimate of drug-likeness (QED) is 0.684. The van der Waals surface area contributed by atoms with E-state index in [2.05, 4.69) is 16.0 Å². The van der Waals surface area contributed by atoms with Gasteiger partial charge in [0.15, 0.2) is 0 Å². The molecule has 1 aliphatic carbocycles. The molecule has 0 atom stereocenters. The summed E-state index contributed by atoms with van der Waals surface area (Å²) in [5.41, 5.74) is 0.328. The van der Waals surface area contributed by atoms with Gasteiger partial charge in [0.1, 0.15) is 0 Å². The highest BCUT2D eigenvalue weighted by Crippen LogP contribution is 2.29. The molecule has 1 saturated carbocycles. The third kappa shape index (κ3) is 6.48. The lowest BCUT2D eigenvalue weighted by Crippen LogP contribution is -2.47. The van der Waals surface area contributed by atoms with E-state index in [1.165, 1.54) is 4.90 Å². The van der Waals surface area contributed by atoms with Crippen molar-refractivity contribution in [3.63, 3.8) is 0 Å². The lowest BCUT2D eigenvalue weighted by atomic mass is 10.2. The summed E-state index contributed by atoms with van der Waals surface area (Å²) in [6.07, 6.45) is 4.05. The van der Waals surface area contributed by atoms with Gasteiger partial charge in [0, 0.05) is 6.04 Å². The molecule has 4 amide bonds. The van der Waals surface area contributed by atoms with Gasteiger partial charge in [0.05, 0.1) is 28.8 Å².